The standard InChI is InChI=1S/C16H22N2O2/c1-3-15-9-4-5-10-18(15)16(20)17-14-8-6-7-13(11-14)12(2)19/h6-8,11,15H,3-5,9-10H2,1-2H3,(H,17,20)/t15-/m0/s1. The van der Waals surface area contributed by atoms with Crippen LogP contribution in [-0.2, 0) is 0 Å². The molecule has 1 aromatic carbocycles. The molecule has 0 saturated carbocycles. The lowest BCUT2D eigenvalue weighted by Gasteiger charge is -2.35. The Morgan fingerprint density at radius 1 is 1.35 bits per heavy atom. The molecule has 1 heterocycles. The summed E-state index contributed by atoms with van der Waals surface area (Å²) in [5.41, 5.74) is 1.30. The molecule has 20 heavy (non-hydrogen) atoms. The summed E-state index contributed by atoms with van der Waals surface area (Å²) in [7, 11) is 0. The summed E-state index contributed by atoms with van der Waals surface area (Å²) in [6.07, 6.45) is 4.33. The number of amides is 2. The van der Waals surface area contributed by atoms with Gasteiger partial charge in [-0.1, -0.05) is 19.1 Å². The van der Waals surface area contributed by atoms with E-state index in [1.807, 2.05) is 11.0 Å². The maximum absolute atomic E-state index is 12.3. The maximum atomic E-state index is 12.3. The third kappa shape index (κ3) is 3.38. The number of hydrogen-bond donors (Lipinski definition) is 1. The van der Waals surface area contributed by atoms with Gasteiger partial charge in [0, 0.05) is 23.8 Å². The number of hydrogen-bond acceptors (Lipinski definition) is 2. The van der Waals surface area contributed by atoms with Crippen LogP contribution in [-0.4, -0.2) is 29.3 Å². The SMILES string of the molecule is CC[C@H]1CCCCN1C(=O)Nc1cccc(C(C)=O)c1. The van der Waals surface area contributed by atoms with E-state index in [2.05, 4.69) is 12.2 Å². The van der Waals surface area contributed by atoms with Crippen LogP contribution in [0.5, 0.6) is 0 Å². The Morgan fingerprint density at radius 3 is 2.85 bits per heavy atom. The molecule has 0 unspecified atom stereocenters. The highest BCUT2D eigenvalue weighted by Gasteiger charge is 2.25. The highest BCUT2D eigenvalue weighted by molar-refractivity contribution is 5.96. The van der Waals surface area contributed by atoms with Crippen LogP contribution in [0.2, 0.25) is 0 Å². The number of anilines is 1. The average molecular weight is 274 g/mol. The van der Waals surface area contributed by atoms with Crippen LogP contribution in [0, 0.1) is 0 Å². The van der Waals surface area contributed by atoms with E-state index in [1.54, 1.807) is 18.2 Å². The predicted octanol–water partition coefficient (Wildman–Crippen LogP) is 3.69. The lowest BCUT2D eigenvalue weighted by atomic mass is 10.0. The molecule has 4 heteroatoms. The van der Waals surface area contributed by atoms with Gasteiger partial charge in [-0.2, -0.15) is 0 Å². The number of piperidine rings is 1. The molecular weight excluding hydrogens is 252 g/mol. The van der Waals surface area contributed by atoms with Crippen LogP contribution in [0.4, 0.5) is 10.5 Å². The zero-order valence-electron chi connectivity index (χ0n) is 12.2. The quantitative estimate of drug-likeness (QED) is 0.855. The van der Waals surface area contributed by atoms with E-state index >= 15 is 0 Å². The summed E-state index contributed by atoms with van der Waals surface area (Å²) in [5.74, 6) is 0.00510. The van der Waals surface area contributed by atoms with Gasteiger partial charge >= 0.3 is 6.03 Å². The lowest BCUT2D eigenvalue weighted by Crippen LogP contribution is -2.45. The Bertz CT molecular complexity index is 499. The number of nitrogens with zero attached hydrogens (tertiary/aromatic N) is 1. The predicted molar refractivity (Wildman–Crippen MR) is 80.1 cm³/mol. The number of benzene rings is 1. The molecule has 1 N–H and O–H groups in total. The van der Waals surface area contributed by atoms with Gasteiger partial charge in [0.1, 0.15) is 0 Å². The van der Waals surface area contributed by atoms with Crippen LogP contribution >= 0.6 is 0 Å². The molecule has 1 aromatic rings. The Labute approximate surface area is 120 Å². The van der Waals surface area contributed by atoms with Gasteiger partial charge in [-0.3, -0.25) is 4.79 Å². The molecule has 0 aromatic heterocycles. The smallest absolute Gasteiger partial charge is 0.322 e. The summed E-state index contributed by atoms with van der Waals surface area (Å²) in [5, 5.41) is 2.91. The fraction of sp³-hybridized carbons (Fsp3) is 0.500. The van der Waals surface area contributed by atoms with Gasteiger partial charge < -0.3 is 10.2 Å². The molecule has 2 rings (SSSR count). The zero-order valence-corrected chi connectivity index (χ0v) is 12.2. The first-order valence-electron chi connectivity index (χ1n) is 7.30. The fourth-order valence-corrected chi connectivity index (χ4v) is 2.70. The number of carbonyl (C=O) groups excluding carboxylic acids is 2. The van der Waals surface area contributed by atoms with E-state index in [4.69, 9.17) is 0 Å². The number of likely N-dealkylation sites (tertiary alicyclic amines) is 1. The highest BCUT2D eigenvalue weighted by atomic mass is 16.2. The van der Waals surface area contributed by atoms with Crippen molar-refractivity contribution in [1.82, 2.24) is 4.90 Å². The first-order valence-corrected chi connectivity index (χ1v) is 7.30. The molecule has 1 atom stereocenters. The van der Waals surface area contributed by atoms with Crippen molar-refractivity contribution in [3.63, 3.8) is 0 Å². The van der Waals surface area contributed by atoms with E-state index in [9.17, 15) is 9.59 Å². The van der Waals surface area contributed by atoms with E-state index in [0.29, 0.717) is 17.3 Å². The van der Waals surface area contributed by atoms with Crippen LogP contribution in [0.25, 0.3) is 0 Å². The molecule has 1 fully saturated rings. The fourth-order valence-electron chi connectivity index (χ4n) is 2.70. The van der Waals surface area contributed by atoms with Crippen molar-refractivity contribution in [3.05, 3.63) is 29.8 Å². The molecule has 1 saturated heterocycles. The van der Waals surface area contributed by atoms with Crippen LogP contribution in [0.1, 0.15) is 49.9 Å². The summed E-state index contributed by atoms with van der Waals surface area (Å²) >= 11 is 0. The summed E-state index contributed by atoms with van der Waals surface area (Å²) in [6, 6.07) is 7.37. The van der Waals surface area contributed by atoms with Gasteiger partial charge in [-0.25, -0.2) is 4.79 Å². The monoisotopic (exact) mass is 274 g/mol. The van der Waals surface area contributed by atoms with Crippen LogP contribution in [0.3, 0.4) is 0 Å². The van der Waals surface area contributed by atoms with Crippen LogP contribution < -0.4 is 5.32 Å². The second kappa shape index (κ2) is 6.55. The first kappa shape index (κ1) is 14.6. The van der Waals surface area contributed by atoms with Gasteiger partial charge in [-0.15, -0.1) is 0 Å². The molecule has 0 spiro atoms. The van der Waals surface area contributed by atoms with Gasteiger partial charge in [0.05, 0.1) is 0 Å². The normalized spacial score (nSPS) is 18.7. The Balaban J connectivity index is 2.06. The lowest BCUT2D eigenvalue weighted by molar-refractivity contribution is 0.101. The summed E-state index contributed by atoms with van der Waals surface area (Å²) < 4.78 is 0. The van der Waals surface area contributed by atoms with Crippen molar-refractivity contribution in [2.75, 3.05) is 11.9 Å². The summed E-state index contributed by atoms with van der Waals surface area (Å²) in [4.78, 5) is 25.6. The number of carbonyl (C=O) groups is 2. The number of ketones is 1. The van der Waals surface area contributed by atoms with Crippen molar-refractivity contribution in [3.8, 4) is 0 Å². The van der Waals surface area contributed by atoms with Crippen molar-refractivity contribution in [1.29, 1.82) is 0 Å². The number of Topliss-reactive ketones (excluding diaryl/α,β-unsaturated/α-hetero) is 1. The van der Waals surface area contributed by atoms with Crippen molar-refractivity contribution >= 4 is 17.5 Å². The Kier molecular flexibility index (Phi) is 4.77. The maximum Gasteiger partial charge on any atom is 0.322 e. The Morgan fingerprint density at radius 2 is 2.15 bits per heavy atom. The van der Waals surface area contributed by atoms with Crippen molar-refractivity contribution in [2.24, 2.45) is 0 Å². The van der Waals surface area contributed by atoms with Gasteiger partial charge in [0.15, 0.2) is 5.78 Å². The van der Waals surface area contributed by atoms with Gasteiger partial charge in [0.25, 0.3) is 0 Å². The van der Waals surface area contributed by atoms with Crippen molar-refractivity contribution < 1.29 is 9.59 Å². The van der Waals surface area contributed by atoms with Crippen LogP contribution in [0.15, 0.2) is 24.3 Å². The molecule has 1 aliphatic heterocycles. The second-order valence-electron chi connectivity index (χ2n) is 5.32. The molecule has 2 amide bonds. The van der Waals surface area contributed by atoms with Gasteiger partial charge in [-0.05, 0) is 44.7 Å². The Hall–Kier alpha value is -1.84. The molecule has 0 bridgehead atoms. The highest BCUT2D eigenvalue weighted by Crippen LogP contribution is 2.21. The zero-order chi connectivity index (χ0) is 14.5. The van der Waals surface area contributed by atoms with E-state index in [0.717, 1.165) is 25.8 Å². The number of nitrogens with one attached hydrogen (secondary N) is 1. The molecule has 4 nitrogen and oxygen atoms in total. The third-order valence-corrected chi connectivity index (χ3v) is 3.88. The van der Waals surface area contributed by atoms with E-state index in [-0.39, 0.29) is 11.8 Å². The average Bonchev–Trinajstić information content (AvgIpc) is 2.47. The number of urea groups is 1. The third-order valence-electron chi connectivity index (χ3n) is 3.88. The molecular formula is C16H22N2O2. The molecule has 0 aliphatic carbocycles. The minimum atomic E-state index is -0.0581. The minimum absolute atomic E-state index is 0.00510. The van der Waals surface area contributed by atoms with E-state index < -0.39 is 0 Å². The second-order valence-corrected chi connectivity index (χ2v) is 5.32. The molecule has 0 radical (unpaired) electrons. The van der Waals surface area contributed by atoms with Gasteiger partial charge in [0.2, 0.25) is 0 Å². The molecule has 1 aliphatic rings. The summed E-state index contributed by atoms with van der Waals surface area (Å²) in [6.45, 7) is 4.46. The minimum Gasteiger partial charge on any atom is -0.322 e. The molecule has 108 valence electrons. The largest absolute Gasteiger partial charge is 0.322 e. The topological polar surface area (TPSA) is 49.4 Å². The number of rotatable bonds is 3. The van der Waals surface area contributed by atoms with E-state index in [1.165, 1.54) is 13.3 Å². The first-order chi connectivity index (χ1) is 9.61. The van der Waals surface area contributed by atoms with Crippen molar-refractivity contribution in [2.45, 2.75) is 45.6 Å².